The van der Waals surface area contributed by atoms with Crippen molar-refractivity contribution in [2.24, 2.45) is 10.9 Å². The third-order valence-electron chi connectivity index (χ3n) is 6.79. The monoisotopic (exact) mass is 568 g/mol. The number of nitrogens with zero attached hydrogens (tertiary/aromatic N) is 2. The topological polar surface area (TPSA) is 58.1 Å². The molecule has 8 heteroatoms. The summed E-state index contributed by atoms with van der Waals surface area (Å²) in [6.07, 6.45) is 10.0. The first-order valence-corrected chi connectivity index (χ1v) is 13.5. The molecule has 2 aliphatic heterocycles. The van der Waals surface area contributed by atoms with Crippen LogP contribution in [0.5, 0.6) is 0 Å². The molecule has 0 atom stereocenters. The van der Waals surface area contributed by atoms with Crippen LogP contribution in [0.3, 0.4) is 0 Å². The Morgan fingerprint density at radius 3 is 2.58 bits per heavy atom. The minimum Gasteiger partial charge on any atom is -0.381 e. The molecular formula is C23H45IN4O2S. The Labute approximate surface area is 211 Å². The van der Waals surface area contributed by atoms with E-state index in [9.17, 15) is 0 Å². The van der Waals surface area contributed by atoms with Crippen molar-refractivity contribution in [2.75, 3.05) is 70.7 Å². The number of guanidine groups is 1. The fourth-order valence-electron chi connectivity index (χ4n) is 4.93. The summed E-state index contributed by atoms with van der Waals surface area (Å²) in [5, 5.41) is 6.98. The maximum absolute atomic E-state index is 5.90. The lowest BCUT2D eigenvalue weighted by atomic mass is 9.80. The summed E-state index contributed by atoms with van der Waals surface area (Å²) in [6.45, 7) is 10.8. The second-order valence-electron chi connectivity index (χ2n) is 8.99. The van der Waals surface area contributed by atoms with Crippen LogP contribution in [-0.4, -0.2) is 87.1 Å². The minimum absolute atomic E-state index is 0. The van der Waals surface area contributed by atoms with Gasteiger partial charge in [-0.2, -0.15) is 11.8 Å². The maximum Gasteiger partial charge on any atom is 0.191 e. The van der Waals surface area contributed by atoms with Gasteiger partial charge in [0.1, 0.15) is 0 Å². The average Bonchev–Trinajstić information content (AvgIpc) is 2.81. The molecule has 3 aliphatic rings. The van der Waals surface area contributed by atoms with Gasteiger partial charge in [0.15, 0.2) is 5.96 Å². The fourth-order valence-corrected chi connectivity index (χ4v) is 5.84. The molecule has 0 bridgehead atoms. The second kappa shape index (κ2) is 16.0. The van der Waals surface area contributed by atoms with Crippen molar-refractivity contribution in [3.8, 4) is 0 Å². The molecule has 0 aromatic rings. The molecule has 31 heavy (non-hydrogen) atoms. The third-order valence-corrected chi connectivity index (χ3v) is 7.74. The highest BCUT2D eigenvalue weighted by molar-refractivity contribution is 14.0. The Bertz CT molecular complexity index is 494. The first kappa shape index (κ1) is 27.5. The molecule has 0 aromatic carbocycles. The van der Waals surface area contributed by atoms with E-state index in [2.05, 4.69) is 34.2 Å². The molecule has 6 nitrogen and oxygen atoms in total. The zero-order valence-corrected chi connectivity index (χ0v) is 22.7. The van der Waals surface area contributed by atoms with Crippen molar-refractivity contribution in [2.45, 2.75) is 63.8 Å². The number of hydrogen-bond donors (Lipinski definition) is 2. The lowest BCUT2D eigenvalue weighted by Gasteiger charge is -2.47. The van der Waals surface area contributed by atoms with Gasteiger partial charge in [-0.15, -0.1) is 24.0 Å². The van der Waals surface area contributed by atoms with Crippen LogP contribution < -0.4 is 10.6 Å². The Hall–Kier alpha value is 0.230. The molecule has 2 heterocycles. The van der Waals surface area contributed by atoms with E-state index in [-0.39, 0.29) is 29.5 Å². The van der Waals surface area contributed by atoms with Crippen molar-refractivity contribution in [1.29, 1.82) is 0 Å². The second-order valence-corrected chi connectivity index (χ2v) is 10.2. The molecule has 0 aromatic heterocycles. The summed E-state index contributed by atoms with van der Waals surface area (Å²) in [7, 11) is 0. The van der Waals surface area contributed by atoms with Gasteiger partial charge in [-0.1, -0.05) is 19.3 Å². The van der Waals surface area contributed by atoms with Gasteiger partial charge in [0, 0.05) is 69.7 Å². The van der Waals surface area contributed by atoms with Crippen molar-refractivity contribution >= 4 is 41.7 Å². The van der Waals surface area contributed by atoms with Gasteiger partial charge >= 0.3 is 0 Å². The predicted octanol–water partition coefficient (Wildman–Crippen LogP) is 3.74. The standard InChI is InChI=1S/C23H44N4O2S.HI/c1-2-24-22(25-11-6-14-29-19-21-7-15-28-16-8-21)26-20-23(9-4-3-5-10-23)27-12-17-30-18-13-27;/h21H,2-20H2,1H3,(H2,24,25,26);1H. The number of rotatable bonds is 10. The van der Waals surface area contributed by atoms with Crippen LogP contribution in [0, 0.1) is 5.92 Å². The van der Waals surface area contributed by atoms with Crippen LogP contribution in [0.25, 0.3) is 0 Å². The highest BCUT2D eigenvalue weighted by Crippen LogP contribution is 2.35. The van der Waals surface area contributed by atoms with Crippen LogP contribution in [-0.2, 0) is 9.47 Å². The Morgan fingerprint density at radius 1 is 1.13 bits per heavy atom. The molecule has 182 valence electrons. The summed E-state index contributed by atoms with van der Waals surface area (Å²) >= 11 is 2.10. The maximum atomic E-state index is 5.90. The molecule has 1 aliphatic carbocycles. The zero-order chi connectivity index (χ0) is 20.9. The highest BCUT2D eigenvalue weighted by atomic mass is 127. The van der Waals surface area contributed by atoms with E-state index in [1.54, 1.807) is 0 Å². The normalized spacial score (nSPS) is 23.2. The average molecular weight is 569 g/mol. The van der Waals surface area contributed by atoms with Gasteiger partial charge in [-0.25, -0.2) is 0 Å². The molecule has 1 saturated carbocycles. The van der Waals surface area contributed by atoms with E-state index in [4.69, 9.17) is 14.5 Å². The first-order valence-electron chi connectivity index (χ1n) is 12.3. The predicted molar refractivity (Wildman–Crippen MR) is 143 cm³/mol. The number of nitrogens with one attached hydrogen (secondary N) is 2. The number of hydrogen-bond acceptors (Lipinski definition) is 5. The van der Waals surface area contributed by atoms with Gasteiger partial charge in [0.25, 0.3) is 0 Å². The fraction of sp³-hybridized carbons (Fsp3) is 0.957. The van der Waals surface area contributed by atoms with E-state index < -0.39 is 0 Å². The van der Waals surface area contributed by atoms with Crippen molar-refractivity contribution in [3.63, 3.8) is 0 Å². The number of thioether (sulfide) groups is 1. The molecule has 0 amide bonds. The summed E-state index contributed by atoms with van der Waals surface area (Å²) < 4.78 is 11.3. The van der Waals surface area contributed by atoms with Crippen LogP contribution in [0.2, 0.25) is 0 Å². The molecule has 0 spiro atoms. The van der Waals surface area contributed by atoms with Gasteiger partial charge in [0.2, 0.25) is 0 Å². The van der Waals surface area contributed by atoms with Crippen LogP contribution >= 0.6 is 35.7 Å². The Morgan fingerprint density at radius 2 is 1.87 bits per heavy atom. The Kier molecular flexibility index (Phi) is 14.1. The SMILES string of the molecule is CCNC(=NCC1(N2CCSCC2)CCCCC1)NCCCOCC1CCOCC1.I. The molecular weight excluding hydrogens is 523 g/mol. The molecule has 2 N–H and O–H groups in total. The van der Waals surface area contributed by atoms with Gasteiger partial charge < -0.3 is 20.1 Å². The van der Waals surface area contributed by atoms with Crippen LogP contribution in [0.1, 0.15) is 58.3 Å². The van der Waals surface area contributed by atoms with Gasteiger partial charge in [0.05, 0.1) is 6.54 Å². The quantitative estimate of drug-likeness (QED) is 0.181. The number of halogens is 1. The lowest BCUT2D eigenvalue weighted by molar-refractivity contribution is 0.0203. The minimum atomic E-state index is 0. The van der Waals surface area contributed by atoms with Gasteiger partial charge in [-0.3, -0.25) is 9.89 Å². The Balaban J connectivity index is 0.00000341. The number of aliphatic imine (C=N–C) groups is 1. The van der Waals surface area contributed by atoms with E-state index in [0.29, 0.717) is 5.92 Å². The summed E-state index contributed by atoms with van der Waals surface area (Å²) in [6, 6.07) is 0. The van der Waals surface area contributed by atoms with Crippen molar-refractivity contribution in [3.05, 3.63) is 0 Å². The van der Waals surface area contributed by atoms with E-state index in [0.717, 1.165) is 71.3 Å². The van der Waals surface area contributed by atoms with Crippen LogP contribution in [0.15, 0.2) is 4.99 Å². The van der Waals surface area contributed by atoms with Crippen LogP contribution in [0.4, 0.5) is 0 Å². The molecule has 0 radical (unpaired) electrons. The molecule has 0 unspecified atom stereocenters. The van der Waals surface area contributed by atoms with Gasteiger partial charge in [-0.05, 0) is 44.9 Å². The molecule has 3 fully saturated rings. The lowest BCUT2D eigenvalue weighted by Crippen LogP contribution is -2.55. The van der Waals surface area contributed by atoms with Crippen molar-refractivity contribution < 1.29 is 9.47 Å². The summed E-state index contributed by atoms with van der Waals surface area (Å²) in [5.41, 5.74) is 0.286. The highest BCUT2D eigenvalue weighted by Gasteiger charge is 2.38. The zero-order valence-electron chi connectivity index (χ0n) is 19.5. The smallest absolute Gasteiger partial charge is 0.191 e. The van der Waals surface area contributed by atoms with E-state index >= 15 is 0 Å². The summed E-state index contributed by atoms with van der Waals surface area (Å²) in [4.78, 5) is 7.83. The largest absolute Gasteiger partial charge is 0.381 e. The number of ether oxygens (including phenoxy) is 2. The first-order chi connectivity index (χ1) is 14.8. The van der Waals surface area contributed by atoms with Crippen molar-refractivity contribution in [1.82, 2.24) is 15.5 Å². The molecule has 3 rings (SSSR count). The third kappa shape index (κ3) is 9.55. The van der Waals surface area contributed by atoms with E-state index in [1.165, 1.54) is 56.7 Å². The molecule has 2 saturated heterocycles. The summed E-state index contributed by atoms with van der Waals surface area (Å²) in [5.74, 6) is 4.21. The van der Waals surface area contributed by atoms with E-state index in [1.807, 2.05) is 0 Å².